The minimum atomic E-state index is -1.29. The molecule has 0 aliphatic heterocycles. The van der Waals surface area contributed by atoms with E-state index in [1.165, 1.54) is 0 Å². The predicted octanol–water partition coefficient (Wildman–Crippen LogP) is 2.01. The Morgan fingerprint density at radius 2 is 2.35 bits per heavy atom. The summed E-state index contributed by atoms with van der Waals surface area (Å²) in [7, 11) is 0. The lowest BCUT2D eigenvalue weighted by Gasteiger charge is -2.07. The van der Waals surface area contributed by atoms with Crippen LogP contribution in [-0.2, 0) is 0 Å². The van der Waals surface area contributed by atoms with E-state index >= 15 is 0 Å². The zero-order valence-electron chi connectivity index (χ0n) is 8.51. The molecule has 0 saturated heterocycles. The summed E-state index contributed by atoms with van der Waals surface area (Å²) < 4.78 is 0.606. The van der Waals surface area contributed by atoms with Crippen LogP contribution >= 0.6 is 15.9 Å². The number of carboxylic acids is 1. The number of carboxylic acid groups (broad SMARTS) is 1. The van der Waals surface area contributed by atoms with Crippen molar-refractivity contribution in [2.75, 3.05) is 11.9 Å². The summed E-state index contributed by atoms with van der Waals surface area (Å²) in [6, 6.07) is 0.953. The van der Waals surface area contributed by atoms with Crippen LogP contribution < -0.4 is 5.32 Å². The summed E-state index contributed by atoms with van der Waals surface area (Å²) in [5.41, 5.74) is -0.626. The molecule has 7 nitrogen and oxygen atoms in total. The first kappa shape index (κ1) is 13.1. The Hall–Kier alpha value is -1.96. The number of aromatic nitrogens is 1. The molecule has 1 aromatic rings. The maximum Gasteiger partial charge on any atom is 0.339 e. The van der Waals surface area contributed by atoms with E-state index in [4.69, 9.17) is 5.11 Å². The molecule has 1 rings (SSSR count). The van der Waals surface area contributed by atoms with Crippen molar-refractivity contribution < 1.29 is 14.8 Å². The van der Waals surface area contributed by atoms with Crippen molar-refractivity contribution in [2.24, 2.45) is 0 Å². The topological polar surface area (TPSA) is 105 Å². The molecular weight excluding hydrogens is 294 g/mol. The van der Waals surface area contributed by atoms with Gasteiger partial charge in [-0.25, -0.2) is 9.78 Å². The summed E-state index contributed by atoms with van der Waals surface area (Å²) in [5, 5.41) is 22.1. The first-order valence-electron chi connectivity index (χ1n) is 4.36. The van der Waals surface area contributed by atoms with Crippen molar-refractivity contribution in [3.63, 3.8) is 0 Å². The maximum atomic E-state index is 10.9. The van der Waals surface area contributed by atoms with Gasteiger partial charge in [-0.05, 0) is 0 Å². The lowest BCUT2D eigenvalue weighted by molar-refractivity contribution is -0.385. The van der Waals surface area contributed by atoms with Gasteiger partial charge < -0.3 is 10.4 Å². The quantitative estimate of drug-likeness (QED) is 0.636. The zero-order valence-corrected chi connectivity index (χ0v) is 10.1. The number of hydrogen-bond acceptors (Lipinski definition) is 5. The first-order valence-corrected chi connectivity index (χ1v) is 5.16. The number of rotatable bonds is 5. The highest BCUT2D eigenvalue weighted by Crippen LogP contribution is 2.19. The van der Waals surface area contributed by atoms with Crippen LogP contribution in [0.15, 0.2) is 23.3 Å². The number of nitrogens with zero attached hydrogens (tertiary/aromatic N) is 2. The van der Waals surface area contributed by atoms with Crippen LogP contribution in [0.5, 0.6) is 0 Å². The summed E-state index contributed by atoms with van der Waals surface area (Å²) in [6.07, 6.45) is 0.992. The van der Waals surface area contributed by atoms with E-state index in [9.17, 15) is 14.9 Å². The molecule has 0 bridgehead atoms. The van der Waals surface area contributed by atoms with Crippen LogP contribution in [0.2, 0.25) is 0 Å². The fraction of sp³-hybridized carbons (Fsp3) is 0.111. The van der Waals surface area contributed by atoms with E-state index in [2.05, 4.69) is 32.8 Å². The molecule has 0 atom stereocenters. The van der Waals surface area contributed by atoms with E-state index in [1.807, 2.05) is 0 Å². The number of nitrogens with one attached hydrogen (secondary N) is 1. The molecule has 0 amide bonds. The number of pyridine rings is 1. The van der Waals surface area contributed by atoms with Gasteiger partial charge in [-0.15, -0.1) is 0 Å². The monoisotopic (exact) mass is 301 g/mol. The van der Waals surface area contributed by atoms with Crippen LogP contribution in [0.1, 0.15) is 10.4 Å². The number of hydrogen-bond donors (Lipinski definition) is 2. The van der Waals surface area contributed by atoms with Gasteiger partial charge in [0, 0.05) is 17.1 Å². The van der Waals surface area contributed by atoms with Crippen molar-refractivity contribution in [1.29, 1.82) is 0 Å². The fourth-order valence-corrected chi connectivity index (χ4v) is 1.18. The van der Waals surface area contributed by atoms with Gasteiger partial charge in [-0.2, -0.15) is 0 Å². The molecule has 90 valence electrons. The Morgan fingerprint density at radius 3 is 2.82 bits per heavy atom. The second-order valence-corrected chi connectivity index (χ2v) is 4.14. The van der Waals surface area contributed by atoms with Gasteiger partial charge in [0.05, 0.1) is 4.92 Å². The van der Waals surface area contributed by atoms with Crippen LogP contribution in [0, 0.1) is 10.1 Å². The van der Waals surface area contributed by atoms with Gasteiger partial charge in [-0.1, -0.05) is 22.5 Å². The highest BCUT2D eigenvalue weighted by atomic mass is 79.9. The molecule has 0 spiro atoms. The molecule has 0 fully saturated rings. The Labute approximate surface area is 104 Å². The van der Waals surface area contributed by atoms with E-state index < -0.39 is 10.9 Å². The third kappa shape index (κ3) is 3.52. The summed E-state index contributed by atoms with van der Waals surface area (Å²) >= 11 is 3.09. The molecule has 17 heavy (non-hydrogen) atoms. The van der Waals surface area contributed by atoms with E-state index in [1.54, 1.807) is 0 Å². The molecule has 0 aromatic carbocycles. The van der Waals surface area contributed by atoms with Crippen LogP contribution in [-0.4, -0.2) is 27.5 Å². The molecule has 0 aliphatic carbocycles. The summed E-state index contributed by atoms with van der Waals surface area (Å²) in [4.78, 5) is 24.4. The third-order valence-electron chi connectivity index (χ3n) is 1.76. The van der Waals surface area contributed by atoms with Crippen LogP contribution in [0.3, 0.4) is 0 Å². The normalized spacial score (nSPS) is 9.71. The fourth-order valence-electron chi connectivity index (χ4n) is 1.04. The van der Waals surface area contributed by atoms with Gasteiger partial charge in [0.25, 0.3) is 5.69 Å². The lowest BCUT2D eigenvalue weighted by atomic mass is 10.2. The summed E-state index contributed by atoms with van der Waals surface area (Å²) in [6.45, 7) is 3.83. The van der Waals surface area contributed by atoms with Gasteiger partial charge >= 0.3 is 5.97 Å². The minimum absolute atomic E-state index is 0.0590. The maximum absolute atomic E-state index is 10.9. The molecule has 8 heteroatoms. The van der Waals surface area contributed by atoms with Crippen molar-refractivity contribution in [3.05, 3.63) is 39.0 Å². The Balaban J connectivity index is 3.08. The zero-order chi connectivity index (χ0) is 13.0. The predicted molar refractivity (Wildman–Crippen MR) is 64.4 cm³/mol. The largest absolute Gasteiger partial charge is 0.478 e. The number of halogens is 1. The van der Waals surface area contributed by atoms with Gasteiger partial charge in [0.2, 0.25) is 0 Å². The van der Waals surface area contributed by atoms with Crippen molar-refractivity contribution in [3.8, 4) is 0 Å². The molecule has 0 aliphatic rings. The molecule has 1 aromatic heterocycles. The standard InChI is InChI=1S/C9H8BrN3O4/c1-5(10)3-11-8-7(9(14)15)2-6(4-12-8)13(16)17/h2,4H,1,3H2,(H,11,12)(H,14,15). The van der Waals surface area contributed by atoms with Crippen LogP contribution in [0.25, 0.3) is 0 Å². The number of aromatic carboxylic acids is 1. The molecule has 1 heterocycles. The second-order valence-electron chi connectivity index (χ2n) is 3.02. The first-order chi connectivity index (χ1) is 7.91. The van der Waals surface area contributed by atoms with E-state index in [0.717, 1.165) is 12.3 Å². The Morgan fingerprint density at radius 1 is 1.71 bits per heavy atom. The minimum Gasteiger partial charge on any atom is -0.478 e. The van der Waals surface area contributed by atoms with Crippen LogP contribution in [0.4, 0.5) is 11.5 Å². The molecular formula is C9H8BrN3O4. The third-order valence-corrected chi connectivity index (χ3v) is 2.04. The highest BCUT2D eigenvalue weighted by molar-refractivity contribution is 9.11. The van der Waals surface area contributed by atoms with Gasteiger partial charge in [-0.3, -0.25) is 10.1 Å². The smallest absolute Gasteiger partial charge is 0.339 e. The van der Waals surface area contributed by atoms with Crippen molar-refractivity contribution in [1.82, 2.24) is 4.98 Å². The average Bonchev–Trinajstić information content (AvgIpc) is 2.25. The Bertz CT molecular complexity index is 489. The van der Waals surface area contributed by atoms with E-state index in [0.29, 0.717) is 4.48 Å². The number of nitro groups is 1. The molecule has 0 unspecified atom stereocenters. The molecule has 0 radical (unpaired) electrons. The van der Waals surface area contributed by atoms with Crippen molar-refractivity contribution in [2.45, 2.75) is 0 Å². The SMILES string of the molecule is C=C(Br)CNc1ncc([N+](=O)[O-])cc1C(=O)O. The average molecular weight is 302 g/mol. The molecule has 0 saturated carbocycles. The van der Waals surface area contributed by atoms with Crippen molar-refractivity contribution >= 4 is 33.4 Å². The van der Waals surface area contributed by atoms with Gasteiger partial charge in [0.15, 0.2) is 0 Å². The Kier molecular flexibility index (Phi) is 4.16. The summed E-state index contributed by atoms with van der Waals surface area (Å²) in [5.74, 6) is -1.23. The highest BCUT2D eigenvalue weighted by Gasteiger charge is 2.17. The lowest BCUT2D eigenvalue weighted by Crippen LogP contribution is -2.10. The van der Waals surface area contributed by atoms with E-state index in [-0.39, 0.29) is 23.6 Å². The van der Waals surface area contributed by atoms with Gasteiger partial charge in [0.1, 0.15) is 17.6 Å². The number of carbonyl (C=O) groups is 1. The molecule has 2 N–H and O–H groups in total. The number of anilines is 1. The second kappa shape index (κ2) is 5.39.